The van der Waals surface area contributed by atoms with Gasteiger partial charge in [-0.25, -0.2) is 17.2 Å². The third-order valence-corrected chi connectivity index (χ3v) is 6.08. The third-order valence-electron chi connectivity index (χ3n) is 4.16. The summed E-state index contributed by atoms with van der Waals surface area (Å²) >= 11 is 0. The van der Waals surface area contributed by atoms with Crippen LogP contribution in [0.25, 0.3) is 0 Å². The second-order valence-electron chi connectivity index (χ2n) is 5.74. The van der Waals surface area contributed by atoms with E-state index in [9.17, 15) is 27.3 Å². The molecule has 0 aliphatic carbocycles. The molecule has 0 amide bonds. The lowest BCUT2D eigenvalue weighted by atomic mass is 10.2. The summed E-state index contributed by atoms with van der Waals surface area (Å²) in [5, 5.41) is 11.1. The molecule has 3 rings (SSSR count). The number of sulfonamides is 1. The number of nitro benzene ring substituents is 1. The molecule has 0 spiro atoms. The van der Waals surface area contributed by atoms with Crippen molar-refractivity contribution in [2.45, 2.75) is 4.90 Å². The Labute approximate surface area is 148 Å². The second kappa shape index (κ2) is 6.96. The molecule has 26 heavy (non-hydrogen) atoms. The fraction of sp³-hybridized carbons (Fsp3) is 0.250. The zero-order chi connectivity index (χ0) is 18.9. The van der Waals surface area contributed by atoms with E-state index >= 15 is 0 Å². The van der Waals surface area contributed by atoms with Gasteiger partial charge in [-0.05, 0) is 30.3 Å². The van der Waals surface area contributed by atoms with Gasteiger partial charge in [-0.3, -0.25) is 10.1 Å². The van der Waals surface area contributed by atoms with E-state index in [1.54, 1.807) is 4.90 Å². The molecule has 1 saturated heterocycles. The highest BCUT2D eigenvalue weighted by Crippen LogP contribution is 2.30. The second-order valence-corrected chi connectivity index (χ2v) is 7.67. The Morgan fingerprint density at radius 2 is 1.50 bits per heavy atom. The first-order chi connectivity index (χ1) is 12.3. The maximum absolute atomic E-state index is 13.5. The Morgan fingerprint density at radius 1 is 0.923 bits per heavy atom. The number of hydrogen-bond acceptors (Lipinski definition) is 5. The molecule has 0 atom stereocenters. The normalized spacial score (nSPS) is 15.8. The van der Waals surface area contributed by atoms with Crippen LogP contribution in [0, 0.1) is 21.7 Å². The Hall–Kier alpha value is -2.59. The summed E-state index contributed by atoms with van der Waals surface area (Å²) in [5.74, 6) is -1.14. The fourth-order valence-corrected chi connectivity index (χ4v) is 4.25. The van der Waals surface area contributed by atoms with Crippen LogP contribution in [0.5, 0.6) is 0 Å². The van der Waals surface area contributed by atoms with Crippen molar-refractivity contribution in [1.29, 1.82) is 0 Å². The molecule has 1 heterocycles. The van der Waals surface area contributed by atoms with Crippen LogP contribution in [-0.4, -0.2) is 43.8 Å². The van der Waals surface area contributed by atoms with E-state index in [4.69, 9.17) is 0 Å². The van der Waals surface area contributed by atoms with E-state index in [1.165, 1.54) is 16.4 Å². The SMILES string of the molecule is O=[N+]([O-])c1ccc(F)cc1N1CCN(S(=O)(=O)c2ccc(F)cc2)CC1. The first-order valence-corrected chi connectivity index (χ1v) is 9.17. The minimum Gasteiger partial charge on any atom is -0.363 e. The molecule has 0 aromatic heterocycles. The van der Waals surface area contributed by atoms with Gasteiger partial charge in [0.05, 0.1) is 9.82 Å². The Morgan fingerprint density at radius 3 is 2.08 bits per heavy atom. The Bertz CT molecular complexity index is 927. The number of piperazine rings is 1. The zero-order valence-electron chi connectivity index (χ0n) is 13.5. The van der Waals surface area contributed by atoms with Gasteiger partial charge in [0.2, 0.25) is 10.0 Å². The number of benzene rings is 2. The average molecular weight is 383 g/mol. The van der Waals surface area contributed by atoms with Crippen molar-refractivity contribution in [2.75, 3.05) is 31.1 Å². The molecule has 0 radical (unpaired) electrons. The van der Waals surface area contributed by atoms with Gasteiger partial charge in [0.15, 0.2) is 0 Å². The first kappa shape index (κ1) is 18.2. The molecular weight excluding hydrogens is 368 g/mol. The molecule has 0 bridgehead atoms. The lowest BCUT2D eigenvalue weighted by Crippen LogP contribution is -2.48. The number of rotatable bonds is 4. The van der Waals surface area contributed by atoms with Crippen LogP contribution < -0.4 is 4.90 Å². The van der Waals surface area contributed by atoms with Crippen LogP contribution >= 0.6 is 0 Å². The minimum absolute atomic E-state index is 0.0240. The van der Waals surface area contributed by atoms with Crippen molar-refractivity contribution < 1.29 is 22.1 Å². The molecule has 2 aromatic rings. The van der Waals surface area contributed by atoms with Crippen molar-refractivity contribution in [3.8, 4) is 0 Å². The van der Waals surface area contributed by atoms with Crippen LogP contribution in [-0.2, 0) is 10.0 Å². The van der Waals surface area contributed by atoms with Crippen molar-refractivity contribution in [3.63, 3.8) is 0 Å². The quantitative estimate of drug-likeness (QED) is 0.598. The summed E-state index contributed by atoms with van der Waals surface area (Å²) in [7, 11) is -3.79. The summed E-state index contributed by atoms with van der Waals surface area (Å²) in [5.41, 5.74) is -0.116. The van der Waals surface area contributed by atoms with Gasteiger partial charge < -0.3 is 4.90 Å². The summed E-state index contributed by atoms with van der Waals surface area (Å²) in [4.78, 5) is 12.1. The molecular formula is C16H15F2N3O4S. The van der Waals surface area contributed by atoms with Crippen molar-refractivity contribution >= 4 is 21.4 Å². The molecule has 138 valence electrons. The standard InChI is InChI=1S/C16H15F2N3O4S/c17-12-1-4-14(5-2-12)26(24,25)20-9-7-19(8-10-20)16-11-13(18)3-6-15(16)21(22)23/h1-6,11H,7-10H2. The van der Waals surface area contributed by atoms with Crippen LogP contribution in [0.15, 0.2) is 47.4 Å². The van der Waals surface area contributed by atoms with Gasteiger partial charge >= 0.3 is 0 Å². The first-order valence-electron chi connectivity index (χ1n) is 7.73. The van der Waals surface area contributed by atoms with Crippen molar-refractivity contribution in [3.05, 3.63) is 64.2 Å². The van der Waals surface area contributed by atoms with Crippen molar-refractivity contribution in [2.24, 2.45) is 0 Å². The average Bonchev–Trinajstić information content (AvgIpc) is 2.62. The van der Waals surface area contributed by atoms with E-state index in [1.807, 2.05) is 0 Å². The van der Waals surface area contributed by atoms with Gasteiger partial charge in [0.25, 0.3) is 5.69 Å². The molecule has 1 fully saturated rings. The van der Waals surface area contributed by atoms with Crippen LogP contribution in [0.1, 0.15) is 0 Å². The van der Waals surface area contributed by atoms with Gasteiger partial charge in [-0.15, -0.1) is 0 Å². The smallest absolute Gasteiger partial charge is 0.292 e. The van der Waals surface area contributed by atoms with E-state index in [-0.39, 0.29) is 42.4 Å². The minimum atomic E-state index is -3.79. The van der Waals surface area contributed by atoms with Gasteiger partial charge in [-0.1, -0.05) is 0 Å². The lowest BCUT2D eigenvalue weighted by molar-refractivity contribution is -0.384. The molecule has 2 aromatic carbocycles. The highest BCUT2D eigenvalue weighted by atomic mass is 32.2. The topological polar surface area (TPSA) is 83.8 Å². The zero-order valence-corrected chi connectivity index (χ0v) is 14.3. The highest BCUT2D eigenvalue weighted by Gasteiger charge is 2.30. The summed E-state index contributed by atoms with van der Waals surface area (Å²) in [6, 6.07) is 7.69. The molecule has 1 aliphatic rings. The largest absolute Gasteiger partial charge is 0.363 e. The van der Waals surface area contributed by atoms with Crippen molar-refractivity contribution in [1.82, 2.24) is 4.31 Å². The maximum atomic E-state index is 13.5. The molecule has 0 saturated carbocycles. The predicted molar refractivity (Wildman–Crippen MR) is 90.4 cm³/mol. The maximum Gasteiger partial charge on any atom is 0.292 e. The number of halogens is 2. The number of hydrogen-bond donors (Lipinski definition) is 0. The number of nitro groups is 1. The van der Waals surface area contributed by atoms with E-state index in [0.29, 0.717) is 0 Å². The van der Waals surface area contributed by atoms with Crippen LogP contribution in [0.3, 0.4) is 0 Å². The molecule has 7 nitrogen and oxygen atoms in total. The summed E-state index contributed by atoms with van der Waals surface area (Å²) in [6.45, 7) is 0.496. The number of nitrogens with zero attached hydrogens (tertiary/aromatic N) is 3. The molecule has 1 aliphatic heterocycles. The fourth-order valence-electron chi connectivity index (χ4n) is 2.83. The monoisotopic (exact) mass is 383 g/mol. The third kappa shape index (κ3) is 3.51. The predicted octanol–water partition coefficient (Wildman–Crippen LogP) is 2.38. The Balaban J connectivity index is 1.78. The number of anilines is 1. The molecule has 10 heteroatoms. The molecule has 0 N–H and O–H groups in total. The van der Waals surface area contributed by atoms with Gasteiger partial charge in [0.1, 0.15) is 17.3 Å². The molecule has 0 unspecified atom stereocenters. The van der Waals surface area contributed by atoms with E-state index < -0.39 is 26.6 Å². The summed E-state index contributed by atoms with van der Waals surface area (Å²) < 4.78 is 52.9. The summed E-state index contributed by atoms with van der Waals surface area (Å²) in [6.07, 6.45) is 0. The lowest BCUT2D eigenvalue weighted by Gasteiger charge is -2.35. The highest BCUT2D eigenvalue weighted by molar-refractivity contribution is 7.89. The Kier molecular flexibility index (Phi) is 4.88. The van der Waals surface area contributed by atoms with Gasteiger partial charge in [0, 0.05) is 38.3 Å². The van der Waals surface area contributed by atoms with Gasteiger partial charge in [-0.2, -0.15) is 4.31 Å². The van der Waals surface area contributed by atoms with Crippen LogP contribution in [0.2, 0.25) is 0 Å². The van der Waals surface area contributed by atoms with E-state index in [0.717, 1.165) is 30.3 Å². The van der Waals surface area contributed by atoms with Crippen LogP contribution in [0.4, 0.5) is 20.2 Å². The van der Waals surface area contributed by atoms with E-state index in [2.05, 4.69) is 0 Å².